The van der Waals surface area contributed by atoms with Crippen molar-refractivity contribution in [3.05, 3.63) is 69.2 Å². The Morgan fingerprint density at radius 1 is 1.08 bits per heavy atom. The third-order valence-electron chi connectivity index (χ3n) is 3.81. The van der Waals surface area contributed by atoms with Crippen molar-refractivity contribution in [2.24, 2.45) is 0 Å². The van der Waals surface area contributed by atoms with E-state index in [0.717, 1.165) is 24.3 Å². The first-order chi connectivity index (χ1) is 11.7. The van der Waals surface area contributed by atoms with Crippen LogP contribution in [0.15, 0.2) is 53.4 Å². The Morgan fingerprint density at radius 2 is 1.68 bits per heavy atom. The number of nitro groups is 1. The molecule has 1 heterocycles. The molecule has 3 rings (SSSR count). The maximum Gasteiger partial charge on any atom is 0.269 e. The van der Waals surface area contributed by atoms with E-state index in [2.05, 4.69) is 0 Å². The number of benzene rings is 2. The molecule has 0 spiro atoms. The summed E-state index contributed by atoms with van der Waals surface area (Å²) in [7, 11) is -4.22. The topological polar surface area (TPSA) is 97.6 Å². The number of amides is 1. The van der Waals surface area contributed by atoms with Crippen LogP contribution in [0.1, 0.15) is 11.6 Å². The van der Waals surface area contributed by atoms with Crippen LogP contribution in [0.3, 0.4) is 0 Å². The Morgan fingerprint density at radius 3 is 2.24 bits per heavy atom. The number of hydrogen-bond acceptors (Lipinski definition) is 5. The van der Waals surface area contributed by atoms with Crippen molar-refractivity contribution in [1.82, 2.24) is 4.31 Å². The van der Waals surface area contributed by atoms with E-state index in [9.17, 15) is 23.3 Å². The fraction of sp³-hybridized carbons (Fsp3) is 0.133. The SMILES string of the molecule is O=C1C(Cl)C(c2ccccc2Cl)N1S(=O)(=O)c1ccc([N+](=O)[O-])cc1. The minimum atomic E-state index is -4.22. The Balaban J connectivity index is 2.02. The third kappa shape index (κ3) is 2.86. The number of β-lactam (4-membered cyclic amide) rings is 1. The summed E-state index contributed by atoms with van der Waals surface area (Å²) in [6.07, 6.45) is 0. The highest BCUT2D eigenvalue weighted by atomic mass is 35.5. The minimum Gasteiger partial charge on any atom is -0.272 e. The molecule has 0 saturated carbocycles. The summed E-state index contributed by atoms with van der Waals surface area (Å²) < 4.78 is 26.2. The molecule has 2 aromatic carbocycles. The Bertz CT molecular complexity index is 962. The van der Waals surface area contributed by atoms with Gasteiger partial charge < -0.3 is 0 Å². The highest BCUT2D eigenvalue weighted by Crippen LogP contribution is 2.44. The van der Waals surface area contributed by atoms with Crippen molar-refractivity contribution in [2.75, 3.05) is 0 Å². The summed E-state index contributed by atoms with van der Waals surface area (Å²) in [5.74, 6) is -0.773. The number of carbonyl (C=O) groups excluding carboxylic acids is 1. The first-order valence-corrected chi connectivity index (χ1v) is 9.22. The van der Waals surface area contributed by atoms with Gasteiger partial charge in [-0.1, -0.05) is 29.8 Å². The average Bonchev–Trinajstić information content (AvgIpc) is 2.59. The fourth-order valence-electron chi connectivity index (χ4n) is 2.55. The minimum absolute atomic E-state index is 0.243. The van der Waals surface area contributed by atoms with E-state index in [1.54, 1.807) is 24.3 Å². The molecule has 7 nitrogen and oxygen atoms in total. The van der Waals surface area contributed by atoms with Crippen LogP contribution in [0, 0.1) is 10.1 Å². The number of hydrogen-bond donors (Lipinski definition) is 0. The third-order valence-corrected chi connectivity index (χ3v) is 6.37. The fourth-order valence-corrected chi connectivity index (χ4v) is 4.87. The molecule has 1 amide bonds. The van der Waals surface area contributed by atoms with Gasteiger partial charge in [-0.2, -0.15) is 0 Å². The molecule has 0 bridgehead atoms. The quantitative estimate of drug-likeness (QED) is 0.339. The predicted molar refractivity (Wildman–Crippen MR) is 91.0 cm³/mol. The summed E-state index contributed by atoms with van der Waals surface area (Å²) in [5.41, 5.74) is 0.154. The first kappa shape index (κ1) is 17.7. The molecule has 0 aliphatic carbocycles. The smallest absolute Gasteiger partial charge is 0.269 e. The highest BCUT2D eigenvalue weighted by molar-refractivity contribution is 7.89. The molecule has 1 fully saturated rings. The molecule has 2 unspecified atom stereocenters. The van der Waals surface area contributed by atoms with Gasteiger partial charge in [0, 0.05) is 17.2 Å². The van der Waals surface area contributed by atoms with Crippen LogP contribution in [-0.2, 0) is 14.8 Å². The van der Waals surface area contributed by atoms with Crippen molar-refractivity contribution in [3.63, 3.8) is 0 Å². The van der Waals surface area contributed by atoms with E-state index in [-0.39, 0.29) is 15.6 Å². The summed E-state index contributed by atoms with van der Waals surface area (Å²) in [4.78, 5) is 21.9. The lowest BCUT2D eigenvalue weighted by Gasteiger charge is -2.43. The van der Waals surface area contributed by atoms with E-state index in [0.29, 0.717) is 9.87 Å². The number of sulfonamides is 1. The van der Waals surface area contributed by atoms with Crippen molar-refractivity contribution in [2.45, 2.75) is 16.3 Å². The molecule has 10 heteroatoms. The van der Waals surface area contributed by atoms with Gasteiger partial charge in [-0.05, 0) is 23.8 Å². The van der Waals surface area contributed by atoms with E-state index >= 15 is 0 Å². The molecular weight excluding hydrogens is 391 g/mol. The van der Waals surface area contributed by atoms with Gasteiger partial charge in [-0.25, -0.2) is 12.7 Å². The van der Waals surface area contributed by atoms with Crippen LogP contribution >= 0.6 is 23.2 Å². The molecule has 0 radical (unpaired) electrons. The van der Waals surface area contributed by atoms with Crippen LogP contribution in [0.5, 0.6) is 0 Å². The maximum atomic E-state index is 12.8. The monoisotopic (exact) mass is 400 g/mol. The molecule has 25 heavy (non-hydrogen) atoms. The van der Waals surface area contributed by atoms with Crippen LogP contribution in [0.4, 0.5) is 5.69 Å². The van der Waals surface area contributed by atoms with Gasteiger partial charge in [0.25, 0.3) is 21.6 Å². The summed E-state index contributed by atoms with van der Waals surface area (Å²) >= 11 is 12.1. The molecule has 0 N–H and O–H groups in total. The molecule has 2 atom stereocenters. The zero-order valence-corrected chi connectivity index (χ0v) is 14.7. The second-order valence-electron chi connectivity index (χ2n) is 5.26. The molecule has 0 aromatic heterocycles. The maximum absolute atomic E-state index is 12.8. The molecule has 1 aliphatic rings. The molecule has 2 aromatic rings. The largest absolute Gasteiger partial charge is 0.272 e. The summed E-state index contributed by atoms with van der Waals surface area (Å²) in [6, 6.07) is 9.81. The Labute approximate surface area is 153 Å². The van der Waals surface area contributed by atoms with Crippen molar-refractivity contribution in [1.29, 1.82) is 0 Å². The zero-order valence-electron chi connectivity index (χ0n) is 12.4. The molecular formula is C15H10Cl2N2O5S. The predicted octanol–water partition coefficient (Wildman–Crippen LogP) is 3.13. The van der Waals surface area contributed by atoms with E-state index in [1.165, 1.54) is 0 Å². The van der Waals surface area contributed by atoms with Gasteiger partial charge in [0.05, 0.1) is 9.82 Å². The van der Waals surface area contributed by atoms with Crippen LogP contribution in [0.25, 0.3) is 0 Å². The van der Waals surface area contributed by atoms with Crippen LogP contribution < -0.4 is 0 Å². The molecule has 130 valence electrons. The Hall–Kier alpha value is -2.16. The highest BCUT2D eigenvalue weighted by Gasteiger charge is 2.54. The van der Waals surface area contributed by atoms with E-state index in [4.69, 9.17) is 23.2 Å². The van der Waals surface area contributed by atoms with Crippen LogP contribution in [-0.4, -0.2) is 28.9 Å². The number of non-ortho nitro benzene ring substituents is 1. The molecule has 1 aliphatic heterocycles. The first-order valence-electron chi connectivity index (χ1n) is 6.96. The van der Waals surface area contributed by atoms with Gasteiger partial charge in [0.2, 0.25) is 0 Å². The normalized spacial score (nSPS) is 20.2. The average molecular weight is 401 g/mol. The second kappa shape index (κ2) is 6.29. The molecule has 1 saturated heterocycles. The summed E-state index contributed by atoms with van der Waals surface area (Å²) in [6.45, 7) is 0. The van der Waals surface area contributed by atoms with Gasteiger partial charge in [-0.3, -0.25) is 14.9 Å². The zero-order chi connectivity index (χ0) is 18.4. The standard InChI is InChI=1S/C15H10Cl2N2O5S/c16-12-4-2-1-3-11(12)14-13(17)15(20)18(14)25(23,24)10-7-5-9(6-8-10)19(21)22/h1-8,13-14H. The van der Waals surface area contributed by atoms with E-state index < -0.39 is 32.3 Å². The number of halogens is 2. The number of rotatable bonds is 4. The lowest BCUT2D eigenvalue weighted by Crippen LogP contribution is -2.58. The van der Waals surface area contributed by atoms with Crippen LogP contribution in [0.2, 0.25) is 5.02 Å². The van der Waals surface area contributed by atoms with Crippen molar-refractivity contribution >= 4 is 44.8 Å². The van der Waals surface area contributed by atoms with Crippen molar-refractivity contribution < 1.29 is 18.1 Å². The van der Waals surface area contributed by atoms with Gasteiger partial charge in [0.15, 0.2) is 0 Å². The van der Waals surface area contributed by atoms with Gasteiger partial charge in [0.1, 0.15) is 11.4 Å². The number of nitro benzene ring substituents is 1. The van der Waals surface area contributed by atoms with Crippen molar-refractivity contribution in [3.8, 4) is 0 Å². The number of nitrogens with zero attached hydrogens (tertiary/aromatic N) is 2. The Kier molecular flexibility index (Phi) is 4.44. The van der Waals surface area contributed by atoms with E-state index in [1.807, 2.05) is 0 Å². The lowest BCUT2D eigenvalue weighted by molar-refractivity contribution is -0.384. The number of carbonyl (C=O) groups is 1. The van der Waals surface area contributed by atoms with Gasteiger partial charge in [-0.15, -0.1) is 11.6 Å². The second-order valence-corrected chi connectivity index (χ2v) is 7.95. The summed E-state index contributed by atoms with van der Waals surface area (Å²) in [5, 5.41) is 9.92. The lowest BCUT2D eigenvalue weighted by atomic mass is 9.96. The van der Waals surface area contributed by atoms with Gasteiger partial charge >= 0.3 is 0 Å². The number of alkyl halides is 1.